The lowest BCUT2D eigenvalue weighted by atomic mass is 10.1. The van der Waals surface area contributed by atoms with Gasteiger partial charge in [0.1, 0.15) is 5.82 Å². The lowest BCUT2D eigenvalue weighted by Crippen LogP contribution is -2.14. The van der Waals surface area contributed by atoms with E-state index in [1.165, 1.54) is 12.4 Å². The fraction of sp³-hybridized carbons (Fsp3) is 0.214. The molecule has 0 saturated heterocycles. The smallest absolute Gasteiger partial charge is 0.258 e. The Morgan fingerprint density at radius 2 is 1.79 bits per heavy atom. The van der Waals surface area contributed by atoms with Gasteiger partial charge in [0.25, 0.3) is 5.91 Å². The highest BCUT2D eigenvalue weighted by Gasteiger charge is 2.11. The highest BCUT2D eigenvalue weighted by atomic mass is 35.5. The molecule has 1 heterocycles. The SMILES string of the molecule is Cc1cc(C)c(NC(=O)c2cnc(C)nc2)c(Cl)c1. The van der Waals surface area contributed by atoms with Crippen molar-refractivity contribution in [2.24, 2.45) is 0 Å². The van der Waals surface area contributed by atoms with E-state index in [-0.39, 0.29) is 5.91 Å². The minimum atomic E-state index is -0.270. The van der Waals surface area contributed by atoms with E-state index in [2.05, 4.69) is 15.3 Å². The standard InChI is InChI=1S/C14H14ClN3O/c1-8-4-9(2)13(12(15)5-8)18-14(19)11-6-16-10(3)17-7-11/h4-7H,1-3H3,(H,18,19). The van der Waals surface area contributed by atoms with Crippen LogP contribution in [0.25, 0.3) is 0 Å². The molecule has 1 amide bonds. The molecule has 1 aromatic carbocycles. The Labute approximate surface area is 116 Å². The maximum Gasteiger partial charge on any atom is 0.258 e. The van der Waals surface area contributed by atoms with Crippen molar-refractivity contribution in [1.82, 2.24) is 9.97 Å². The Hall–Kier alpha value is -1.94. The highest BCUT2D eigenvalue weighted by Crippen LogP contribution is 2.27. The average Bonchev–Trinajstić information content (AvgIpc) is 2.34. The second-order valence-corrected chi connectivity index (χ2v) is 4.82. The summed E-state index contributed by atoms with van der Waals surface area (Å²) < 4.78 is 0. The van der Waals surface area contributed by atoms with Crippen molar-refractivity contribution in [1.29, 1.82) is 0 Å². The number of halogens is 1. The van der Waals surface area contributed by atoms with Crippen LogP contribution in [-0.4, -0.2) is 15.9 Å². The molecule has 0 aliphatic rings. The van der Waals surface area contributed by atoms with Gasteiger partial charge in [-0.15, -0.1) is 0 Å². The van der Waals surface area contributed by atoms with Crippen molar-refractivity contribution in [3.8, 4) is 0 Å². The van der Waals surface area contributed by atoms with Gasteiger partial charge in [0.05, 0.1) is 16.3 Å². The summed E-state index contributed by atoms with van der Waals surface area (Å²) in [5.41, 5.74) is 3.00. The van der Waals surface area contributed by atoms with E-state index in [1.54, 1.807) is 6.92 Å². The number of aromatic nitrogens is 2. The molecule has 0 unspecified atom stereocenters. The third-order valence-corrected chi connectivity index (χ3v) is 3.01. The monoisotopic (exact) mass is 275 g/mol. The molecule has 0 spiro atoms. The van der Waals surface area contributed by atoms with Gasteiger partial charge in [0.2, 0.25) is 0 Å². The molecule has 0 bridgehead atoms. The van der Waals surface area contributed by atoms with E-state index in [0.29, 0.717) is 22.1 Å². The predicted molar refractivity (Wildman–Crippen MR) is 75.6 cm³/mol. The first kappa shape index (κ1) is 13.5. The Bertz CT molecular complexity index is 600. The van der Waals surface area contributed by atoms with Gasteiger partial charge < -0.3 is 5.32 Å². The second-order valence-electron chi connectivity index (χ2n) is 4.41. The summed E-state index contributed by atoms with van der Waals surface area (Å²) in [5.74, 6) is 0.356. The van der Waals surface area contributed by atoms with E-state index in [1.807, 2.05) is 26.0 Å². The summed E-state index contributed by atoms with van der Waals surface area (Å²) in [6.45, 7) is 5.63. The van der Waals surface area contributed by atoms with E-state index in [0.717, 1.165) is 11.1 Å². The van der Waals surface area contributed by atoms with E-state index in [4.69, 9.17) is 11.6 Å². The number of hydrogen-bond acceptors (Lipinski definition) is 3. The summed E-state index contributed by atoms with van der Waals surface area (Å²) in [7, 11) is 0. The number of anilines is 1. The van der Waals surface area contributed by atoms with Crippen LogP contribution in [0.3, 0.4) is 0 Å². The van der Waals surface area contributed by atoms with Gasteiger partial charge >= 0.3 is 0 Å². The molecule has 0 radical (unpaired) electrons. The van der Waals surface area contributed by atoms with Gasteiger partial charge in [0.15, 0.2) is 0 Å². The Kier molecular flexibility index (Phi) is 3.81. The van der Waals surface area contributed by atoms with Crippen LogP contribution < -0.4 is 5.32 Å². The van der Waals surface area contributed by atoms with Crippen LogP contribution in [0.4, 0.5) is 5.69 Å². The second kappa shape index (κ2) is 5.36. The molecule has 1 aromatic heterocycles. The summed E-state index contributed by atoms with van der Waals surface area (Å²) >= 11 is 6.15. The van der Waals surface area contributed by atoms with Crippen LogP contribution >= 0.6 is 11.6 Å². The third kappa shape index (κ3) is 3.09. The zero-order chi connectivity index (χ0) is 14.0. The van der Waals surface area contributed by atoms with Crippen molar-refractivity contribution in [3.63, 3.8) is 0 Å². The number of hydrogen-bond donors (Lipinski definition) is 1. The number of carbonyl (C=O) groups excluding carboxylic acids is 1. The number of aryl methyl sites for hydroxylation is 3. The molecule has 2 rings (SSSR count). The normalized spacial score (nSPS) is 10.3. The zero-order valence-electron chi connectivity index (χ0n) is 11.0. The fourth-order valence-corrected chi connectivity index (χ4v) is 2.14. The van der Waals surface area contributed by atoms with Crippen molar-refractivity contribution >= 4 is 23.2 Å². The first-order chi connectivity index (χ1) is 8.97. The lowest BCUT2D eigenvalue weighted by Gasteiger charge is -2.11. The van der Waals surface area contributed by atoms with Gasteiger partial charge in [-0.1, -0.05) is 17.7 Å². The number of rotatable bonds is 2. The maximum absolute atomic E-state index is 12.1. The van der Waals surface area contributed by atoms with Crippen LogP contribution in [0.15, 0.2) is 24.5 Å². The number of amides is 1. The molecule has 0 atom stereocenters. The molecule has 2 aromatic rings. The Morgan fingerprint density at radius 3 is 2.37 bits per heavy atom. The van der Waals surface area contributed by atoms with Crippen LogP contribution in [0, 0.1) is 20.8 Å². The van der Waals surface area contributed by atoms with E-state index < -0.39 is 0 Å². The Morgan fingerprint density at radius 1 is 1.16 bits per heavy atom. The van der Waals surface area contributed by atoms with Gasteiger partial charge in [-0.2, -0.15) is 0 Å². The molecule has 98 valence electrons. The quantitative estimate of drug-likeness (QED) is 0.915. The first-order valence-electron chi connectivity index (χ1n) is 5.84. The highest BCUT2D eigenvalue weighted by molar-refractivity contribution is 6.34. The van der Waals surface area contributed by atoms with E-state index >= 15 is 0 Å². The average molecular weight is 276 g/mol. The third-order valence-electron chi connectivity index (χ3n) is 2.71. The molecule has 0 saturated carbocycles. The first-order valence-corrected chi connectivity index (χ1v) is 6.22. The van der Waals surface area contributed by atoms with Crippen molar-refractivity contribution in [2.75, 3.05) is 5.32 Å². The summed E-state index contributed by atoms with van der Waals surface area (Å²) in [5, 5.41) is 3.32. The summed E-state index contributed by atoms with van der Waals surface area (Å²) in [4.78, 5) is 20.1. The van der Waals surface area contributed by atoms with Crippen LogP contribution in [0.1, 0.15) is 27.3 Å². The van der Waals surface area contributed by atoms with Crippen LogP contribution in [0.5, 0.6) is 0 Å². The maximum atomic E-state index is 12.1. The van der Waals surface area contributed by atoms with Crippen LogP contribution in [-0.2, 0) is 0 Å². The van der Waals surface area contributed by atoms with Gasteiger partial charge in [-0.25, -0.2) is 9.97 Å². The topological polar surface area (TPSA) is 54.9 Å². The van der Waals surface area contributed by atoms with Gasteiger partial charge in [-0.05, 0) is 38.0 Å². The number of nitrogens with one attached hydrogen (secondary N) is 1. The summed E-state index contributed by atoms with van der Waals surface area (Å²) in [6.07, 6.45) is 2.99. The molecule has 1 N–H and O–H groups in total. The molecular formula is C14H14ClN3O. The molecule has 0 aliphatic heterocycles. The molecular weight excluding hydrogens is 262 g/mol. The van der Waals surface area contributed by atoms with E-state index in [9.17, 15) is 4.79 Å². The van der Waals surface area contributed by atoms with Crippen LogP contribution in [0.2, 0.25) is 5.02 Å². The van der Waals surface area contributed by atoms with Gasteiger partial charge in [0, 0.05) is 12.4 Å². The van der Waals surface area contributed by atoms with Crippen molar-refractivity contribution in [2.45, 2.75) is 20.8 Å². The largest absolute Gasteiger partial charge is 0.320 e. The zero-order valence-corrected chi connectivity index (χ0v) is 11.7. The summed E-state index contributed by atoms with van der Waals surface area (Å²) in [6, 6.07) is 3.78. The van der Waals surface area contributed by atoms with Crippen molar-refractivity contribution in [3.05, 3.63) is 52.1 Å². The molecule has 5 heteroatoms. The molecule has 0 aliphatic carbocycles. The molecule has 0 fully saturated rings. The fourth-order valence-electron chi connectivity index (χ4n) is 1.77. The predicted octanol–water partition coefficient (Wildman–Crippen LogP) is 3.31. The van der Waals surface area contributed by atoms with Gasteiger partial charge in [-0.3, -0.25) is 4.79 Å². The number of nitrogens with zero attached hydrogens (tertiary/aromatic N) is 2. The van der Waals surface area contributed by atoms with Crippen molar-refractivity contribution < 1.29 is 4.79 Å². The number of benzene rings is 1. The molecule has 19 heavy (non-hydrogen) atoms. The number of carbonyl (C=O) groups is 1. The minimum Gasteiger partial charge on any atom is -0.320 e. The minimum absolute atomic E-state index is 0.270. The molecule has 4 nitrogen and oxygen atoms in total. The lowest BCUT2D eigenvalue weighted by molar-refractivity contribution is 0.102. The Balaban J connectivity index is 2.26.